The molecule has 2 amide bonds. The number of alkyl halides is 3. The zero-order valence-electron chi connectivity index (χ0n) is 16.4. The average Bonchev–Trinajstić information content (AvgIpc) is 3.26. The van der Waals surface area contributed by atoms with E-state index in [9.17, 15) is 22.8 Å². The fourth-order valence-corrected chi connectivity index (χ4v) is 2.80. The van der Waals surface area contributed by atoms with E-state index in [1.165, 1.54) is 6.20 Å². The van der Waals surface area contributed by atoms with E-state index in [4.69, 9.17) is 4.74 Å². The monoisotopic (exact) mass is 432 g/mol. The van der Waals surface area contributed by atoms with Gasteiger partial charge in [0.15, 0.2) is 0 Å². The minimum Gasteiger partial charge on any atom is -0.497 e. The minimum absolute atomic E-state index is 0.0935. The Morgan fingerprint density at radius 2 is 1.58 bits per heavy atom. The number of nitrogens with one attached hydrogen (secondary N) is 3. The maximum atomic E-state index is 12.6. The second-order valence-corrected chi connectivity index (χ2v) is 6.47. The van der Waals surface area contributed by atoms with Gasteiger partial charge in [-0.1, -0.05) is 0 Å². The second kappa shape index (κ2) is 9.33. The zero-order chi connectivity index (χ0) is 22.4. The van der Waals surface area contributed by atoms with Gasteiger partial charge in [0.1, 0.15) is 5.75 Å². The first kappa shape index (κ1) is 21.9. The summed E-state index contributed by atoms with van der Waals surface area (Å²) in [6.45, 7) is 0.222. The Morgan fingerprint density at radius 3 is 2.16 bits per heavy atom. The second-order valence-electron chi connectivity index (χ2n) is 6.47. The Hall–Kier alpha value is -3.82. The van der Waals surface area contributed by atoms with E-state index in [0.29, 0.717) is 17.0 Å². The van der Waals surface area contributed by atoms with Crippen molar-refractivity contribution in [3.05, 3.63) is 71.4 Å². The third-order valence-corrected chi connectivity index (χ3v) is 4.43. The van der Waals surface area contributed by atoms with E-state index in [1.54, 1.807) is 31.4 Å². The Bertz CT molecular complexity index is 1040. The summed E-state index contributed by atoms with van der Waals surface area (Å²) in [5, 5.41) is 11.9. The van der Waals surface area contributed by atoms with Crippen LogP contribution in [0.1, 0.15) is 26.3 Å². The Kier molecular flexibility index (Phi) is 6.58. The van der Waals surface area contributed by atoms with Crippen LogP contribution in [0.3, 0.4) is 0 Å². The number of hydrogen-bond acceptors (Lipinski definition) is 4. The first-order valence-corrected chi connectivity index (χ1v) is 9.21. The van der Waals surface area contributed by atoms with Crippen LogP contribution in [0.25, 0.3) is 11.3 Å². The van der Waals surface area contributed by atoms with Gasteiger partial charge < -0.3 is 15.4 Å². The molecule has 3 N–H and O–H groups in total. The molecule has 162 valence electrons. The lowest BCUT2D eigenvalue weighted by molar-refractivity contribution is -0.137. The fraction of sp³-hybridized carbons (Fsp3) is 0.190. The molecule has 0 saturated carbocycles. The maximum absolute atomic E-state index is 12.6. The van der Waals surface area contributed by atoms with Gasteiger partial charge in [0.2, 0.25) is 0 Å². The number of aromatic amines is 1. The molecule has 0 unspecified atom stereocenters. The van der Waals surface area contributed by atoms with Crippen LogP contribution in [0, 0.1) is 0 Å². The molecule has 0 saturated heterocycles. The molecule has 0 spiro atoms. The number of ether oxygens (including phenoxy) is 1. The standard InChI is InChI=1S/C21H19F3N4O3/c1-31-16-8-4-13(5-9-16)18-17(12-27-28-18)20(30)26-11-10-25-19(29)14-2-6-15(7-3-14)21(22,23)24/h2-9,12H,10-11H2,1H3,(H,25,29)(H,26,30)(H,27,28). The van der Waals surface area contributed by atoms with Crippen molar-refractivity contribution in [2.45, 2.75) is 6.18 Å². The summed E-state index contributed by atoms with van der Waals surface area (Å²) in [5.41, 5.74) is 0.882. The van der Waals surface area contributed by atoms with Crippen molar-refractivity contribution < 1.29 is 27.5 Å². The molecule has 0 aliphatic heterocycles. The number of H-pyrrole nitrogens is 1. The summed E-state index contributed by atoms with van der Waals surface area (Å²) in [7, 11) is 1.56. The summed E-state index contributed by atoms with van der Waals surface area (Å²) in [6, 6.07) is 11.0. The first-order chi connectivity index (χ1) is 14.8. The largest absolute Gasteiger partial charge is 0.497 e. The van der Waals surface area contributed by atoms with Crippen LogP contribution in [-0.4, -0.2) is 42.2 Å². The molecule has 1 aromatic heterocycles. The van der Waals surface area contributed by atoms with Gasteiger partial charge >= 0.3 is 6.18 Å². The first-order valence-electron chi connectivity index (χ1n) is 9.21. The molecule has 0 fully saturated rings. The molecule has 0 aliphatic carbocycles. The number of amides is 2. The molecule has 7 nitrogen and oxygen atoms in total. The molecule has 3 aromatic rings. The van der Waals surface area contributed by atoms with Crippen molar-refractivity contribution in [2.24, 2.45) is 0 Å². The van der Waals surface area contributed by atoms with Crippen LogP contribution < -0.4 is 15.4 Å². The molecular weight excluding hydrogens is 413 g/mol. The number of methoxy groups -OCH3 is 1. The van der Waals surface area contributed by atoms with Gasteiger partial charge in [0, 0.05) is 24.2 Å². The van der Waals surface area contributed by atoms with E-state index in [1.807, 2.05) is 0 Å². The molecule has 2 aromatic carbocycles. The summed E-state index contributed by atoms with van der Waals surface area (Å²) in [4.78, 5) is 24.5. The highest BCUT2D eigenvalue weighted by atomic mass is 19.4. The van der Waals surface area contributed by atoms with Crippen molar-refractivity contribution in [1.82, 2.24) is 20.8 Å². The quantitative estimate of drug-likeness (QED) is 0.500. The Morgan fingerprint density at radius 1 is 0.968 bits per heavy atom. The normalized spacial score (nSPS) is 11.1. The number of halogens is 3. The van der Waals surface area contributed by atoms with Gasteiger partial charge in [-0.2, -0.15) is 18.3 Å². The predicted octanol–water partition coefficient (Wildman–Crippen LogP) is 3.26. The van der Waals surface area contributed by atoms with Crippen molar-refractivity contribution in [3.63, 3.8) is 0 Å². The molecule has 3 rings (SSSR count). The molecule has 0 radical (unpaired) electrons. The van der Waals surface area contributed by atoms with Gasteiger partial charge in [-0.15, -0.1) is 0 Å². The number of hydrogen-bond donors (Lipinski definition) is 3. The van der Waals surface area contributed by atoms with Crippen LogP contribution in [-0.2, 0) is 6.18 Å². The van der Waals surface area contributed by atoms with Crippen molar-refractivity contribution >= 4 is 11.8 Å². The predicted molar refractivity (Wildman–Crippen MR) is 107 cm³/mol. The molecule has 0 aliphatic rings. The minimum atomic E-state index is -4.46. The van der Waals surface area contributed by atoms with E-state index < -0.39 is 17.6 Å². The highest BCUT2D eigenvalue weighted by Gasteiger charge is 2.30. The van der Waals surface area contributed by atoms with Gasteiger partial charge in [0.05, 0.1) is 30.1 Å². The van der Waals surface area contributed by atoms with E-state index in [-0.39, 0.29) is 24.6 Å². The average molecular weight is 432 g/mol. The van der Waals surface area contributed by atoms with Gasteiger partial charge in [-0.3, -0.25) is 14.7 Å². The molecule has 0 bridgehead atoms. The Balaban J connectivity index is 1.52. The molecular formula is C21H19F3N4O3. The summed E-state index contributed by atoms with van der Waals surface area (Å²) >= 11 is 0. The summed E-state index contributed by atoms with van der Waals surface area (Å²) < 4.78 is 42.8. The SMILES string of the molecule is COc1ccc(-c2[nH]ncc2C(=O)NCCNC(=O)c2ccc(C(F)(F)F)cc2)cc1. The summed E-state index contributed by atoms with van der Waals surface area (Å²) in [5.74, 6) is -0.244. The number of nitrogens with zero attached hydrogens (tertiary/aromatic N) is 1. The lowest BCUT2D eigenvalue weighted by Crippen LogP contribution is -2.34. The molecule has 31 heavy (non-hydrogen) atoms. The number of aromatic nitrogens is 2. The van der Waals surface area contributed by atoms with Crippen LogP contribution in [0.5, 0.6) is 5.75 Å². The topological polar surface area (TPSA) is 96.1 Å². The molecule has 10 heteroatoms. The molecule has 0 atom stereocenters. The summed E-state index contributed by atoms with van der Waals surface area (Å²) in [6.07, 6.45) is -3.06. The number of carbonyl (C=O) groups excluding carboxylic acids is 2. The maximum Gasteiger partial charge on any atom is 0.416 e. The van der Waals surface area contributed by atoms with Gasteiger partial charge in [-0.05, 0) is 48.5 Å². The van der Waals surface area contributed by atoms with E-state index in [0.717, 1.165) is 29.8 Å². The third-order valence-electron chi connectivity index (χ3n) is 4.43. The van der Waals surface area contributed by atoms with Crippen molar-refractivity contribution in [1.29, 1.82) is 0 Å². The van der Waals surface area contributed by atoms with Crippen LogP contribution >= 0.6 is 0 Å². The lowest BCUT2D eigenvalue weighted by atomic mass is 10.1. The zero-order valence-corrected chi connectivity index (χ0v) is 16.4. The number of rotatable bonds is 7. The highest BCUT2D eigenvalue weighted by molar-refractivity contribution is 5.99. The van der Waals surface area contributed by atoms with Crippen LogP contribution in [0.15, 0.2) is 54.7 Å². The lowest BCUT2D eigenvalue weighted by Gasteiger charge is -2.09. The third kappa shape index (κ3) is 5.41. The smallest absolute Gasteiger partial charge is 0.416 e. The number of carbonyl (C=O) groups is 2. The van der Waals surface area contributed by atoms with E-state index in [2.05, 4.69) is 20.8 Å². The fourth-order valence-electron chi connectivity index (χ4n) is 2.80. The molecule has 1 heterocycles. The Labute approximate surface area is 175 Å². The number of benzene rings is 2. The van der Waals surface area contributed by atoms with Crippen LogP contribution in [0.4, 0.5) is 13.2 Å². The van der Waals surface area contributed by atoms with Gasteiger partial charge in [-0.25, -0.2) is 0 Å². The highest BCUT2D eigenvalue weighted by Crippen LogP contribution is 2.29. The van der Waals surface area contributed by atoms with Crippen molar-refractivity contribution in [3.8, 4) is 17.0 Å². The van der Waals surface area contributed by atoms with E-state index >= 15 is 0 Å². The van der Waals surface area contributed by atoms with Crippen molar-refractivity contribution in [2.75, 3.05) is 20.2 Å². The van der Waals surface area contributed by atoms with Crippen LogP contribution in [0.2, 0.25) is 0 Å². The van der Waals surface area contributed by atoms with Gasteiger partial charge in [0.25, 0.3) is 11.8 Å².